The van der Waals surface area contributed by atoms with E-state index in [0.717, 1.165) is 57.8 Å². The molecule has 2 atom stereocenters. The third kappa shape index (κ3) is 24.9. The Balaban J connectivity index is 2.55. The van der Waals surface area contributed by atoms with Crippen LogP contribution in [-0.2, 0) is 38.7 Å². The number of cyclic esters (lactones) is 1. The summed E-state index contributed by atoms with van der Waals surface area (Å²) < 4.78 is 33.5. The molecule has 2 unspecified atom stereocenters. The molecular weight excluding hydrogens is 737 g/mol. The van der Waals surface area contributed by atoms with Gasteiger partial charge < -0.3 is 4.74 Å². The average Bonchev–Trinajstić information content (AvgIpc) is 3.39. The van der Waals surface area contributed by atoms with Crippen molar-refractivity contribution in [3.05, 3.63) is 0 Å². The minimum Gasteiger partial charge on any atom is -0.429 e. The Labute approximate surface area is 351 Å². The van der Waals surface area contributed by atoms with Crippen LogP contribution < -0.4 is 0 Å². The molecule has 0 aromatic heterocycles. The van der Waals surface area contributed by atoms with Gasteiger partial charge in [0.2, 0.25) is 9.84 Å². The zero-order chi connectivity index (χ0) is 41.7. The fraction of sp³-hybridized carbons (Fsp3) is 0.938. The van der Waals surface area contributed by atoms with E-state index in [1.807, 2.05) is 0 Å². The Morgan fingerprint density at radius 1 is 0.474 bits per heavy atom. The van der Waals surface area contributed by atoms with Crippen molar-refractivity contribution in [1.29, 1.82) is 0 Å². The monoisotopic (exact) mass is 827 g/mol. The standard InChI is InChI=1S/C48H90O8S/c1-4-7-10-13-16-19-22-25-27-30-33-36-39-42-45(49)55-56-47(51)48(43-40-37-34-31-28-24-21-18-15-12-9-6-3)54-46(50)44(57(48,52)53)41-38-35-32-29-26-23-20-17-14-11-8-5-2/h44H,4-43H2,1-3H3. The maximum atomic E-state index is 14.0. The van der Waals surface area contributed by atoms with Crippen LogP contribution >= 0.6 is 0 Å². The first kappa shape index (κ1) is 53.4. The predicted molar refractivity (Wildman–Crippen MR) is 235 cm³/mol. The van der Waals surface area contributed by atoms with Crippen LogP contribution in [0, 0.1) is 0 Å². The van der Waals surface area contributed by atoms with Crippen LogP contribution in [0.2, 0.25) is 0 Å². The summed E-state index contributed by atoms with van der Waals surface area (Å²) in [6, 6.07) is 0. The summed E-state index contributed by atoms with van der Waals surface area (Å²) >= 11 is 0. The summed E-state index contributed by atoms with van der Waals surface area (Å²) in [5.74, 6) is -2.93. The maximum absolute atomic E-state index is 14.0. The first-order valence-electron chi connectivity index (χ1n) is 24.6. The van der Waals surface area contributed by atoms with Crippen LogP contribution in [0.4, 0.5) is 0 Å². The Morgan fingerprint density at radius 3 is 1.16 bits per heavy atom. The molecule has 8 nitrogen and oxygen atoms in total. The van der Waals surface area contributed by atoms with Gasteiger partial charge in [-0.15, -0.1) is 0 Å². The van der Waals surface area contributed by atoms with Gasteiger partial charge in [-0.2, -0.15) is 0 Å². The largest absolute Gasteiger partial charge is 0.429 e. The van der Waals surface area contributed by atoms with Crippen LogP contribution in [0.15, 0.2) is 0 Å². The Morgan fingerprint density at radius 2 is 0.789 bits per heavy atom. The summed E-state index contributed by atoms with van der Waals surface area (Å²) in [6.07, 6.45) is 42.0. The molecule has 0 aromatic rings. The van der Waals surface area contributed by atoms with Crippen LogP contribution in [-0.4, -0.2) is 36.5 Å². The summed E-state index contributed by atoms with van der Waals surface area (Å²) in [6.45, 7) is 6.70. The van der Waals surface area contributed by atoms with Gasteiger partial charge in [0.05, 0.1) is 6.42 Å². The lowest BCUT2D eigenvalue weighted by Crippen LogP contribution is -2.47. The first-order valence-corrected chi connectivity index (χ1v) is 26.2. The summed E-state index contributed by atoms with van der Waals surface area (Å²) in [5.41, 5.74) is 0. The number of sulfone groups is 1. The maximum Gasteiger partial charge on any atom is 0.414 e. The molecule has 9 heteroatoms. The fourth-order valence-corrected chi connectivity index (χ4v) is 10.3. The Bertz CT molecular complexity index is 1090. The lowest BCUT2D eigenvalue weighted by atomic mass is 10.0. The van der Waals surface area contributed by atoms with Gasteiger partial charge in [-0.3, -0.25) is 4.79 Å². The van der Waals surface area contributed by atoms with E-state index in [2.05, 4.69) is 20.8 Å². The molecule has 0 bridgehead atoms. The zero-order valence-electron chi connectivity index (χ0n) is 37.5. The van der Waals surface area contributed by atoms with Crippen molar-refractivity contribution in [3.8, 4) is 0 Å². The second-order valence-electron chi connectivity index (χ2n) is 17.3. The van der Waals surface area contributed by atoms with Crippen LogP contribution in [0.1, 0.15) is 278 Å². The van der Waals surface area contributed by atoms with Gasteiger partial charge in [-0.05, 0) is 19.3 Å². The molecule has 1 saturated heterocycles. The van der Waals surface area contributed by atoms with Crippen LogP contribution in [0.5, 0.6) is 0 Å². The van der Waals surface area contributed by atoms with Gasteiger partial charge in [0.25, 0.3) is 0 Å². The minimum absolute atomic E-state index is 0.0743. The molecule has 57 heavy (non-hydrogen) atoms. The number of esters is 1. The number of unbranched alkanes of at least 4 members (excludes halogenated alkanes) is 34. The number of hydrogen-bond donors (Lipinski definition) is 0. The molecule has 0 aromatic carbocycles. The van der Waals surface area contributed by atoms with E-state index < -0.39 is 37.9 Å². The normalized spacial score (nSPS) is 17.5. The van der Waals surface area contributed by atoms with Gasteiger partial charge in [0, 0.05) is 6.42 Å². The van der Waals surface area contributed by atoms with Gasteiger partial charge in [0.15, 0.2) is 5.25 Å². The molecular formula is C48H90O8S. The SMILES string of the molecule is CCCCCCCCCCCCCCCC(=O)OOC(=O)C1(CCCCCCCCCCCCCC)OC(=O)C(CCCCCCCCCCCCCC)S1(=O)=O. The highest BCUT2D eigenvalue weighted by molar-refractivity contribution is 7.95. The second-order valence-corrected chi connectivity index (χ2v) is 19.7. The number of carbonyl (C=O) groups excluding carboxylic acids is 3. The van der Waals surface area contributed by atoms with Crippen molar-refractivity contribution in [3.63, 3.8) is 0 Å². The number of carbonyl (C=O) groups is 3. The molecule has 1 rings (SSSR count). The molecule has 1 aliphatic rings. The molecule has 0 N–H and O–H groups in total. The van der Waals surface area contributed by atoms with Gasteiger partial charge >= 0.3 is 22.8 Å². The average molecular weight is 827 g/mol. The highest BCUT2D eigenvalue weighted by Gasteiger charge is 2.66. The van der Waals surface area contributed by atoms with Crippen molar-refractivity contribution in [2.45, 2.75) is 288 Å². The first-order chi connectivity index (χ1) is 27.8. The molecule has 0 radical (unpaired) electrons. The van der Waals surface area contributed by atoms with Crippen molar-refractivity contribution < 1.29 is 37.3 Å². The molecule has 1 aliphatic heterocycles. The van der Waals surface area contributed by atoms with E-state index in [1.165, 1.54) is 154 Å². The molecule has 0 amide bonds. The molecule has 1 heterocycles. The predicted octanol–water partition coefficient (Wildman–Crippen LogP) is 14.7. The highest BCUT2D eigenvalue weighted by Crippen LogP contribution is 2.40. The van der Waals surface area contributed by atoms with Crippen molar-refractivity contribution >= 4 is 27.7 Å². The van der Waals surface area contributed by atoms with E-state index in [1.54, 1.807) is 0 Å². The van der Waals surface area contributed by atoms with E-state index in [9.17, 15) is 22.8 Å². The molecule has 0 aliphatic carbocycles. The van der Waals surface area contributed by atoms with E-state index in [0.29, 0.717) is 25.7 Å². The topological polar surface area (TPSA) is 113 Å². The van der Waals surface area contributed by atoms with Crippen molar-refractivity contribution in [2.24, 2.45) is 0 Å². The van der Waals surface area contributed by atoms with Crippen molar-refractivity contribution in [2.75, 3.05) is 0 Å². The summed E-state index contributed by atoms with van der Waals surface area (Å²) in [7, 11) is -4.39. The Kier molecular flexibility index (Phi) is 33.9. The van der Waals surface area contributed by atoms with Gasteiger partial charge in [-0.1, -0.05) is 245 Å². The van der Waals surface area contributed by atoms with Crippen LogP contribution in [0.3, 0.4) is 0 Å². The highest BCUT2D eigenvalue weighted by atomic mass is 32.2. The molecule has 0 spiro atoms. The second kappa shape index (κ2) is 36.2. The lowest BCUT2D eigenvalue weighted by Gasteiger charge is -2.23. The third-order valence-corrected chi connectivity index (χ3v) is 14.6. The summed E-state index contributed by atoms with van der Waals surface area (Å²) in [4.78, 5) is 46.5. The van der Waals surface area contributed by atoms with E-state index in [-0.39, 0.29) is 19.3 Å². The molecule has 1 fully saturated rings. The van der Waals surface area contributed by atoms with Gasteiger partial charge in [0.1, 0.15) is 0 Å². The van der Waals surface area contributed by atoms with E-state index in [4.69, 9.17) is 14.5 Å². The smallest absolute Gasteiger partial charge is 0.414 e. The fourth-order valence-electron chi connectivity index (χ4n) is 8.21. The number of hydrogen-bond acceptors (Lipinski definition) is 8. The number of rotatable bonds is 41. The zero-order valence-corrected chi connectivity index (χ0v) is 38.4. The quantitative estimate of drug-likeness (QED) is 0.0259. The molecule has 336 valence electrons. The number of ether oxygens (including phenoxy) is 1. The van der Waals surface area contributed by atoms with E-state index >= 15 is 0 Å². The van der Waals surface area contributed by atoms with Crippen molar-refractivity contribution in [1.82, 2.24) is 0 Å². The minimum atomic E-state index is -4.39. The third-order valence-electron chi connectivity index (χ3n) is 12.0. The summed E-state index contributed by atoms with van der Waals surface area (Å²) in [5, 5.41) is -1.41. The molecule has 0 saturated carbocycles. The Hall–Kier alpha value is -1.64. The lowest BCUT2D eigenvalue weighted by molar-refractivity contribution is -0.267. The van der Waals surface area contributed by atoms with Crippen LogP contribution in [0.25, 0.3) is 0 Å². The van der Waals surface area contributed by atoms with Gasteiger partial charge in [-0.25, -0.2) is 27.8 Å².